The zero-order chi connectivity index (χ0) is 19.6. The number of anilines is 1. The van der Waals surface area contributed by atoms with Crippen molar-refractivity contribution < 1.29 is 23.0 Å². The van der Waals surface area contributed by atoms with Gasteiger partial charge >= 0.3 is 0 Å². The average molecular weight is 390 g/mol. The normalized spacial score (nSPS) is 10.6. The molecule has 0 unspecified atom stereocenters. The molecule has 1 aromatic heterocycles. The number of aromatic nitrogens is 1. The summed E-state index contributed by atoms with van der Waals surface area (Å²) in [5.41, 5.74) is 1.47. The molecule has 0 bridgehead atoms. The number of methoxy groups -OCH3 is 2. The summed E-state index contributed by atoms with van der Waals surface area (Å²) < 4.78 is 36.8. The molecule has 0 fully saturated rings. The molecule has 5 nitrogen and oxygen atoms in total. The second-order valence-corrected chi connectivity index (χ2v) is 6.59. The van der Waals surface area contributed by atoms with Gasteiger partial charge in [0.15, 0.2) is 23.1 Å². The number of hydrogen-bond donors (Lipinski definition) is 1. The van der Waals surface area contributed by atoms with Crippen LogP contribution in [0.25, 0.3) is 10.6 Å². The smallest absolute Gasteiger partial charge is 0.267 e. The van der Waals surface area contributed by atoms with Crippen molar-refractivity contribution in [2.75, 3.05) is 19.5 Å². The van der Waals surface area contributed by atoms with Crippen molar-refractivity contribution in [1.82, 2.24) is 4.98 Å². The fourth-order valence-corrected chi connectivity index (χ4v) is 3.42. The molecule has 0 aliphatic carbocycles. The lowest BCUT2D eigenvalue weighted by Crippen LogP contribution is -2.11. The average Bonchev–Trinajstić information content (AvgIpc) is 3.06. The second kappa shape index (κ2) is 7.71. The van der Waals surface area contributed by atoms with Gasteiger partial charge in [-0.25, -0.2) is 13.8 Å². The molecule has 3 aromatic rings. The fraction of sp³-hybridized carbons (Fsp3) is 0.158. The van der Waals surface area contributed by atoms with Crippen LogP contribution >= 0.6 is 11.3 Å². The lowest BCUT2D eigenvalue weighted by Gasteiger charge is -2.08. The van der Waals surface area contributed by atoms with Crippen molar-refractivity contribution in [1.29, 1.82) is 0 Å². The van der Waals surface area contributed by atoms with E-state index in [0.717, 1.165) is 17.7 Å². The number of ether oxygens (including phenoxy) is 2. The number of amides is 1. The molecule has 0 aliphatic heterocycles. The molecule has 1 heterocycles. The van der Waals surface area contributed by atoms with Gasteiger partial charge in [0.05, 0.1) is 19.9 Å². The van der Waals surface area contributed by atoms with Crippen LogP contribution in [-0.2, 0) is 0 Å². The Labute approximate surface area is 158 Å². The van der Waals surface area contributed by atoms with Gasteiger partial charge in [-0.2, -0.15) is 0 Å². The van der Waals surface area contributed by atoms with Crippen LogP contribution in [0.2, 0.25) is 0 Å². The molecule has 1 N–H and O–H groups in total. The monoisotopic (exact) mass is 390 g/mol. The first kappa shape index (κ1) is 18.8. The van der Waals surface area contributed by atoms with E-state index in [1.54, 1.807) is 26.2 Å². The first-order chi connectivity index (χ1) is 12.9. The maximum Gasteiger partial charge on any atom is 0.267 e. The van der Waals surface area contributed by atoms with Gasteiger partial charge < -0.3 is 14.8 Å². The highest BCUT2D eigenvalue weighted by molar-refractivity contribution is 7.17. The summed E-state index contributed by atoms with van der Waals surface area (Å²) in [7, 11) is 3.08. The Bertz CT molecular complexity index is 1000. The first-order valence-corrected chi connectivity index (χ1v) is 8.70. The van der Waals surface area contributed by atoms with Crippen LogP contribution in [0.3, 0.4) is 0 Å². The maximum atomic E-state index is 13.3. The molecule has 1 amide bonds. The highest BCUT2D eigenvalue weighted by Gasteiger charge is 2.18. The molecule has 0 saturated heterocycles. The quantitative estimate of drug-likeness (QED) is 0.688. The Morgan fingerprint density at radius 3 is 2.44 bits per heavy atom. The molecule has 0 aliphatic rings. The Morgan fingerprint density at radius 1 is 1.04 bits per heavy atom. The molecule has 0 saturated carbocycles. The number of aryl methyl sites for hydroxylation is 1. The predicted octanol–water partition coefficient (Wildman–Crippen LogP) is 4.67. The zero-order valence-corrected chi connectivity index (χ0v) is 15.6. The van der Waals surface area contributed by atoms with E-state index in [9.17, 15) is 13.6 Å². The summed E-state index contributed by atoms with van der Waals surface area (Å²) in [6, 6.07) is 8.52. The highest BCUT2D eigenvalue weighted by Crippen LogP contribution is 2.35. The molecule has 27 heavy (non-hydrogen) atoms. The van der Waals surface area contributed by atoms with E-state index in [-0.39, 0.29) is 5.69 Å². The minimum absolute atomic E-state index is 0.166. The molecule has 0 spiro atoms. The number of thiazole rings is 1. The summed E-state index contributed by atoms with van der Waals surface area (Å²) in [5.74, 6) is -1.30. The molecule has 8 heteroatoms. The lowest BCUT2D eigenvalue weighted by molar-refractivity contribution is 0.103. The predicted molar refractivity (Wildman–Crippen MR) is 99.7 cm³/mol. The number of carbonyl (C=O) groups is 1. The third-order valence-electron chi connectivity index (χ3n) is 3.81. The van der Waals surface area contributed by atoms with Gasteiger partial charge in [0.1, 0.15) is 9.88 Å². The van der Waals surface area contributed by atoms with Gasteiger partial charge in [0, 0.05) is 17.3 Å². The summed E-state index contributed by atoms with van der Waals surface area (Å²) in [4.78, 5) is 17.3. The van der Waals surface area contributed by atoms with E-state index >= 15 is 0 Å². The largest absolute Gasteiger partial charge is 0.493 e. The third kappa shape index (κ3) is 3.90. The highest BCUT2D eigenvalue weighted by atomic mass is 32.1. The van der Waals surface area contributed by atoms with Crippen molar-refractivity contribution in [3.8, 4) is 22.1 Å². The van der Waals surface area contributed by atoms with Crippen LogP contribution in [0, 0.1) is 18.6 Å². The van der Waals surface area contributed by atoms with Crippen LogP contribution in [0.4, 0.5) is 14.5 Å². The fourth-order valence-electron chi connectivity index (χ4n) is 2.46. The van der Waals surface area contributed by atoms with Crippen molar-refractivity contribution in [2.45, 2.75) is 6.92 Å². The van der Waals surface area contributed by atoms with Crippen LogP contribution in [-0.4, -0.2) is 25.1 Å². The Balaban J connectivity index is 1.87. The summed E-state index contributed by atoms with van der Waals surface area (Å²) in [6.07, 6.45) is 0. The minimum atomic E-state index is -1.03. The third-order valence-corrected chi connectivity index (χ3v) is 5.02. The van der Waals surface area contributed by atoms with Gasteiger partial charge in [-0.15, -0.1) is 11.3 Å². The molecule has 140 valence electrons. The molecular weight excluding hydrogens is 374 g/mol. The van der Waals surface area contributed by atoms with Crippen LogP contribution < -0.4 is 14.8 Å². The molecule has 0 radical (unpaired) electrons. The van der Waals surface area contributed by atoms with Gasteiger partial charge in [0.25, 0.3) is 5.91 Å². The summed E-state index contributed by atoms with van der Waals surface area (Å²) in [5, 5.41) is 3.18. The summed E-state index contributed by atoms with van der Waals surface area (Å²) >= 11 is 1.19. The van der Waals surface area contributed by atoms with Crippen molar-refractivity contribution in [3.05, 3.63) is 58.6 Å². The Hall–Kier alpha value is -3.00. The van der Waals surface area contributed by atoms with E-state index in [1.165, 1.54) is 24.5 Å². The number of nitrogens with zero attached hydrogens (tertiary/aromatic N) is 1. The first-order valence-electron chi connectivity index (χ1n) is 7.89. The number of nitrogens with one attached hydrogen (secondary N) is 1. The van der Waals surface area contributed by atoms with E-state index in [2.05, 4.69) is 10.3 Å². The van der Waals surface area contributed by atoms with Crippen LogP contribution in [0.5, 0.6) is 11.5 Å². The van der Waals surface area contributed by atoms with E-state index in [1.807, 2.05) is 6.07 Å². The number of benzene rings is 2. The van der Waals surface area contributed by atoms with E-state index in [4.69, 9.17) is 9.47 Å². The Kier molecular flexibility index (Phi) is 5.36. The van der Waals surface area contributed by atoms with E-state index in [0.29, 0.717) is 27.1 Å². The number of rotatable bonds is 5. The summed E-state index contributed by atoms with van der Waals surface area (Å²) in [6.45, 7) is 1.71. The van der Waals surface area contributed by atoms with Crippen molar-refractivity contribution in [3.63, 3.8) is 0 Å². The van der Waals surface area contributed by atoms with Crippen molar-refractivity contribution in [2.24, 2.45) is 0 Å². The van der Waals surface area contributed by atoms with Gasteiger partial charge in [-0.05, 0) is 37.3 Å². The lowest BCUT2D eigenvalue weighted by atomic mass is 10.2. The van der Waals surface area contributed by atoms with Gasteiger partial charge in [-0.3, -0.25) is 4.79 Å². The van der Waals surface area contributed by atoms with Gasteiger partial charge in [-0.1, -0.05) is 0 Å². The topological polar surface area (TPSA) is 60.5 Å². The maximum absolute atomic E-state index is 13.3. The minimum Gasteiger partial charge on any atom is -0.493 e. The standard InChI is InChI=1S/C19H16F2N2O3S/c1-10-17(18(24)23-12-5-6-13(20)14(21)9-12)27-19(22-10)11-4-7-15(25-2)16(8-11)26-3/h4-9H,1-3H3,(H,23,24). The number of hydrogen-bond acceptors (Lipinski definition) is 5. The molecule has 0 atom stereocenters. The second-order valence-electron chi connectivity index (χ2n) is 5.59. The number of halogens is 2. The van der Waals surface area contributed by atoms with Crippen molar-refractivity contribution >= 4 is 22.9 Å². The zero-order valence-electron chi connectivity index (χ0n) is 14.8. The molecule has 3 rings (SSSR count). The van der Waals surface area contributed by atoms with Crippen LogP contribution in [0.15, 0.2) is 36.4 Å². The van der Waals surface area contributed by atoms with Crippen LogP contribution in [0.1, 0.15) is 15.4 Å². The SMILES string of the molecule is COc1ccc(-c2nc(C)c(C(=O)Nc3ccc(F)c(F)c3)s2)cc1OC. The molecular formula is C19H16F2N2O3S. The van der Waals surface area contributed by atoms with Gasteiger partial charge in [0.2, 0.25) is 0 Å². The number of carbonyl (C=O) groups excluding carboxylic acids is 1. The van der Waals surface area contributed by atoms with E-state index < -0.39 is 17.5 Å². The molecule has 2 aromatic carbocycles. The Morgan fingerprint density at radius 2 is 1.78 bits per heavy atom.